The van der Waals surface area contributed by atoms with E-state index in [0.717, 1.165) is 27.4 Å². The molecule has 5 heteroatoms. The van der Waals surface area contributed by atoms with Crippen LogP contribution in [-0.4, -0.2) is 17.2 Å². The van der Waals surface area contributed by atoms with E-state index in [1.807, 2.05) is 37.3 Å². The first-order valence-electron chi connectivity index (χ1n) is 5.48. The van der Waals surface area contributed by atoms with Crippen molar-refractivity contribution >= 4 is 24.8 Å². The van der Waals surface area contributed by atoms with Gasteiger partial charge in [0.15, 0.2) is 16.6 Å². The maximum Gasteiger partial charge on any atom is 0.179 e. The van der Waals surface area contributed by atoms with Crippen LogP contribution in [0.2, 0.25) is 0 Å². The Morgan fingerprint density at radius 3 is 2.89 bits per heavy atom. The second-order valence-corrected chi connectivity index (χ2v) is 4.73. The van der Waals surface area contributed by atoms with Gasteiger partial charge in [-0.1, -0.05) is 23.7 Å². The number of rotatable bonds is 2. The van der Waals surface area contributed by atoms with E-state index in [0.29, 0.717) is 5.82 Å². The molecule has 0 saturated carbocycles. The first kappa shape index (κ1) is 11.2. The van der Waals surface area contributed by atoms with E-state index in [1.54, 1.807) is 6.26 Å². The van der Waals surface area contributed by atoms with E-state index in [9.17, 15) is 0 Å². The van der Waals surface area contributed by atoms with Crippen molar-refractivity contribution in [2.75, 3.05) is 0 Å². The fourth-order valence-corrected chi connectivity index (χ4v) is 2.42. The molecule has 0 aliphatic heterocycles. The van der Waals surface area contributed by atoms with E-state index in [2.05, 4.69) is 9.36 Å². The van der Waals surface area contributed by atoms with Crippen LogP contribution in [0.25, 0.3) is 22.2 Å². The van der Waals surface area contributed by atoms with Crippen LogP contribution in [0, 0.1) is 6.92 Å². The molecule has 2 radical (unpaired) electrons. The van der Waals surface area contributed by atoms with Crippen molar-refractivity contribution in [2.24, 2.45) is 0 Å². The standard InChI is InChI=1S/C13H9BN2OS/c1-8-7-9(14)4-5-10(8)12-15-13(18-16-12)11-3-2-6-17-11/h2-7H,1H3. The van der Waals surface area contributed by atoms with Gasteiger partial charge in [-0.15, -0.1) is 0 Å². The predicted octanol–water partition coefficient (Wildman–Crippen LogP) is 2.57. The minimum atomic E-state index is 0.712. The van der Waals surface area contributed by atoms with Gasteiger partial charge < -0.3 is 4.42 Å². The van der Waals surface area contributed by atoms with Crippen LogP contribution < -0.4 is 5.46 Å². The maximum atomic E-state index is 5.73. The van der Waals surface area contributed by atoms with E-state index < -0.39 is 0 Å². The maximum absolute atomic E-state index is 5.73. The molecule has 0 saturated heterocycles. The molecule has 0 aliphatic rings. The highest BCUT2D eigenvalue weighted by molar-refractivity contribution is 7.09. The molecule has 0 spiro atoms. The first-order valence-corrected chi connectivity index (χ1v) is 6.25. The van der Waals surface area contributed by atoms with E-state index in [4.69, 9.17) is 12.3 Å². The number of furan rings is 1. The van der Waals surface area contributed by atoms with Gasteiger partial charge in [0.25, 0.3) is 0 Å². The molecule has 0 unspecified atom stereocenters. The first-order chi connectivity index (χ1) is 8.74. The second kappa shape index (κ2) is 4.42. The molecule has 0 N–H and O–H groups in total. The highest BCUT2D eigenvalue weighted by atomic mass is 32.1. The van der Waals surface area contributed by atoms with Gasteiger partial charge in [-0.2, -0.15) is 4.37 Å². The quantitative estimate of drug-likeness (QED) is 0.658. The monoisotopic (exact) mass is 252 g/mol. The van der Waals surface area contributed by atoms with Crippen molar-refractivity contribution in [2.45, 2.75) is 6.92 Å². The zero-order chi connectivity index (χ0) is 12.5. The normalized spacial score (nSPS) is 10.7. The smallest absolute Gasteiger partial charge is 0.179 e. The number of hydrogen-bond acceptors (Lipinski definition) is 4. The van der Waals surface area contributed by atoms with Crippen LogP contribution in [0.15, 0.2) is 41.0 Å². The van der Waals surface area contributed by atoms with Crippen LogP contribution in [0.1, 0.15) is 5.56 Å². The lowest BCUT2D eigenvalue weighted by molar-refractivity contribution is 0.582. The van der Waals surface area contributed by atoms with Gasteiger partial charge in [0, 0.05) is 5.56 Å². The fraction of sp³-hybridized carbons (Fsp3) is 0.0769. The SMILES string of the molecule is [B]c1ccc(-c2nsc(-c3ccco3)n2)c(C)c1. The average molecular weight is 252 g/mol. The van der Waals surface area contributed by atoms with Crippen molar-refractivity contribution in [3.63, 3.8) is 0 Å². The summed E-state index contributed by atoms with van der Waals surface area (Å²) in [5, 5.41) is 0.784. The number of benzene rings is 1. The lowest BCUT2D eigenvalue weighted by Crippen LogP contribution is -2.02. The Labute approximate surface area is 110 Å². The summed E-state index contributed by atoms with van der Waals surface area (Å²) in [6.45, 7) is 2.00. The van der Waals surface area contributed by atoms with E-state index >= 15 is 0 Å². The Bertz CT molecular complexity index is 676. The molecule has 0 amide bonds. The van der Waals surface area contributed by atoms with Crippen LogP contribution >= 0.6 is 11.5 Å². The van der Waals surface area contributed by atoms with Crippen molar-refractivity contribution in [3.8, 4) is 22.2 Å². The van der Waals surface area contributed by atoms with Crippen molar-refractivity contribution in [1.29, 1.82) is 0 Å². The lowest BCUT2D eigenvalue weighted by atomic mass is 9.92. The molecule has 3 rings (SSSR count). The van der Waals surface area contributed by atoms with Gasteiger partial charge in [-0.25, -0.2) is 4.98 Å². The van der Waals surface area contributed by atoms with Crippen molar-refractivity contribution in [1.82, 2.24) is 9.36 Å². The van der Waals surface area contributed by atoms with Gasteiger partial charge in [-0.05, 0) is 36.2 Å². The summed E-state index contributed by atoms with van der Waals surface area (Å²) in [7, 11) is 5.73. The molecule has 2 heterocycles. The Hall–Kier alpha value is -1.88. The Morgan fingerprint density at radius 2 is 2.17 bits per heavy atom. The molecule has 1 aromatic carbocycles. The number of aromatic nitrogens is 2. The number of aryl methyl sites for hydroxylation is 1. The van der Waals surface area contributed by atoms with Gasteiger partial charge in [-0.3, -0.25) is 0 Å². The van der Waals surface area contributed by atoms with Crippen molar-refractivity contribution in [3.05, 3.63) is 42.2 Å². The minimum absolute atomic E-state index is 0.712. The predicted molar refractivity (Wildman–Crippen MR) is 73.2 cm³/mol. The summed E-state index contributed by atoms with van der Waals surface area (Å²) >= 11 is 1.33. The zero-order valence-electron chi connectivity index (χ0n) is 9.75. The minimum Gasteiger partial charge on any atom is -0.462 e. The van der Waals surface area contributed by atoms with Crippen LogP contribution in [0.5, 0.6) is 0 Å². The molecule has 0 atom stereocenters. The lowest BCUT2D eigenvalue weighted by Gasteiger charge is -2.02. The second-order valence-electron chi connectivity index (χ2n) is 3.97. The Balaban J connectivity index is 2.03. The van der Waals surface area contributed by atoms with E-state index in [-0.39, 0.29) is 0 Å². The molecule has 3 aromatic rings. The average Bonchev–Trinajstić information content (AvgIpc) is 2.99. The molecule has 3 nitrogen and oxygen atoms in total. The molecule has 18 heavy (non-hydrogen) atoms. The summed E-state index contributed by atoms with van der Waals surface area (Å²) in [6.07, 6.45) is 1.63. The molecular weight excluding hydrogens is 243 g/mol. The summed E-state index contributed by atoms with van der Waals surface area (Å²) in [5.41, 5.74) is 2.81. The highest BCUT2D eigenvalue weighted by Crippen LogP contribution is 2.27. The van der Waals surface area contributed by atoms with Crippen LogP contribution in [0.3, 0.4) is 0 Å². The molecule has 86 valence electrons. The van der Waals surface area contributed by atoms with Gasteiger partial charge in [0.05, 0.1) is 6.26 Å². The van der Waals surface area contributed by atoms with Crippen molar-refractivity contribution < 1.29 is 4.42 Å². The molecule has 0 fully saturated rings. The van der Waals surface area contributed by atoms with Gasteiger partial charge >= 0.3 is 0 Å². The summed E-state index contributed by atoms with van der Waals surface area (Å²) in [5.74, 6) is 1.45. The summed E-state index contributed by atoms with van der Waals surface area (Å²) in [6, 6.07) is 9.43. The Morgan fingerprint density at radius 1 is 1.28 bits per heavy atom. The third-order valence-electron chi connectivity index (χ3n) is 2.65. The molecular formula is C13H9BN2OS. The number of nitrogens with zero attached hydrogens (tertiary/aromatic N) is 2. The van der Waals surface area contributed by atoms with Crippen LogP contribution in [0.4, 0.5) is 0 Å². The van der Waals surface area contributed by atoms with Gasteiger partial charge in [0.2, 0.25) is 0 Å². The largest absolute Gasteiger partial charge is 0.462 e. The zero-order valence-corrected chi connectivity index (χ0v) is 10.6. The number of hydrogen-bond donors (Lipinski definition) is 0. The molecule has 2 aromatic heterocycles. The summed E-state index contributed by atoms with van der Waals surface area (Å²) in [4.78, 5) is 4.49. The summed E-state index contributed by atoms with van der Waals surface area (Å²) < 4.78 is 9.67. The van der Waals surface area contributed by atoms with Gasteiger partial charge in [0.1, 0.15) is 7.85 Å². The molecule has 0 bridgehead atoms. The van der Waals surface area contributed by atoms with E-state index in [1.165, 1.54) is 11.5 Å². The third-order valence-corrected chi connectivity index (χ3v) is 3.38. The third kappa shape index (κ3) is 1.97. The molecule has 0 aliphatic carbocycles. The fourth-order valence-electron chi connectivity index (χ4n) is 1.77. The highest BCUT2D eigenvalue weighted by Gasteiger charge is 2.11. The van der Waals surface area contributed by atoms with Crippen LogP contribution in [-0.2, 0) is 0 Å². The topological polar surface area (TPSA) is 38.9 Å². The Kier molecular flexibility index (Phi) is 2.76.